The van der Waals surface area contributed by atoms with Crippen LogP contribution >= 0.6 is 0 Å². The van der Waals surface area contributed by atoms with Gasteiger partial charge in [0.25, 0.3) is 5.91 Å². The topological polar surface area (TPSA) is 67.2 Å². The Bertz CT molecular complexity index is 748. The molecule has 1 amide bonds. The lowest BCUT2D eigenvalue weighted by atomic mass is 10.2. The predicted octanol–water partition coefficient (Wildman–Crippen LogP) is 3.98. The van der Waals surface area contributed by atoms with E-state index in [1.54, 1.807) is 24.4 Å². The monoisotopic (exact) mass is 293 g/mol. The molecule has 5 nitrogen and oxygen atoms in total. The molecule has 0 saturated heterocycles. The summed E-state index contributed by atoms with van der Waals surface area (Å²) in [6.07, 6.45) is 3.12. The molecule has 22 heavy (non-hydrogen) atoms. The van der Waals surface area contributed by atoms with Crippen molar-refractivity contribution in [2.45, 2.75) is 6.92 Å². The number of pyridine rings is 1. The van der Waals surface area contributed by atoms with Gasteiger partial charge in [-0.2, -0.15) is 0 Å². The maximum absolute atomic E-state index is 11.8. The highest BCUT2D eigenvalue weighted by Gasteiger charge is 2.09. The van der Waals surface area contributed by atoms with Gasteiger partial charge in [-0.25, -0.2) is 4.98 Å². The highest BCUT2D eigenvalue weighted by molar-refractivity contribution is 6.01. The zero-order valence-corrected chi connectivity index (χ0v) is 12.0. The number of furan rings is 1. The number of carbonyl (C=O) groups is 1. The molecular formula is C17H15N3O2. The van der Waals surface area contributed by atoms with Gasteiger partial charge in [0, 0.05) is 5.69 Å². The van der Waals surface area contributed by atoms with Crippen molar-refractivity contribution in [1.29, 1.82) is 0 Å². The fraction of sp³-hybridized carbons (Fsp3) is 0.0588. The Balaban J connectivity index is 1.65. The molecule has 5 heteroatoms. The number of aromatic nitrogens is 1. The van der Waals surface area contributed by atoms with Gasteiger partial charge in [-0.3, -0.25) is 4.79 Å². The number of nitrogens with zero attached hydrogens (tertiary/aromatic N) is 1. The number of hydrogen-bond acceptors (Lipinski definition) is 4. The SMILES string of the molecule is Cc1ccc(Nc2ccc(NC(=O)c3ccco3)nc2)cc1. The van der Waals surface area contributed by atoms with Crippen LogP contribution in [0.4, 0.5) is 17.2 Å². The lowest BCUT2D eigenvalue weighted by molar-refractivity contribution is 0.0996. The highest BCUT2D eigenvalue weighted by atomic mass is 16.3. The Labute approximate surface area is 128 Å². The molecule has 1 aromatic carbocycles. The lowest BCUT2D eigenvalue weighted by Crippen LogP contribution is -2.11. The second kappa shape index (κ2) is 6.13. The van der Waals surface area contributed by atoms with E-state index >= 15 is 0 Å². The van der Waals surface area contributed by atoms with Gasteiger partial charge in [0.1, 0.15) is 5.82 Å². The van der Waals surface area contributed by atoms with Gasteiger partial charge in [-0.05, 0) is 43.3 Å². The summed E-state index contributed by atoms with van der Waals surface area (Å²) >= 11 is 0. The number of nitrogens with one attached hydrogen (secondary N) is 2. The zero-order valence-electron chi connectivity index (χ0n) is 12.0. The van der Waals surface area contributed by atoms with Crippen molar-refractivity contribution in [1.82, 2.24) is 4.98 Å². The first kappa shape index (κ1) is 13.9. The molecule has 2 aromatic heterocycles. The average Bonchev–Trinajstić information content (AvgIpc) is 3.06. The first-order valence-corrected chi connectivity index (χ1v) is 6.85. The smallest absolute Gasteiger partial charge is 0.292 e. The molecule has 2 heterocycles. The largest absolute Gasteiger partial charge is 0.459 e. The molecule has 3 rings (SSSR count). The highest BCUT2D eigenvalue weighted by Crippen LogP contribution is 2.17. The summed E-state index contributed by atoms with van der Waals surface area (Å²) in [5.41, 5.74) is 3.04. The third-order valence-electron chi connectivity index (χ3n) is 3.09. The molecule has 0 fully saturated rings. The lowest BCUT2D eigenvalue weighted by Gasteiger charge is -2.07. The van der Waals surface area contributed by atoms with Gasteiger partial charge < -0.3 is 15.1 Å². The van der Waals surface area contributed by atoms with Crippen LogP contribution in [-0.2, 0) is 0 Å². The summed E-state index contributed by atoms with van der Waals surface area (Å²) in [5.74, 6) is 0.399. The quantitative estimate of drug-likeness (QED) is 0.763. The van der Waals surface area contributed by atoms with Crippen LogP contribution in [-0.4, -0.2) is 10.9 Å². The minimum Gasteiger partial charge on any atom is -0.459 e. The van der Waals surface area contributed by atoms with E-state index in [2.05, 4.69) is 15.6 Å². The van der Waals surface area contributed by atoms with E-state index in [9.17, 15) is 4.79 Å². The summed E-state index contributed by atoms with van der Waals surface area (Å²) in [6, 6.07) is 14.9. The fourth-order valence-corrected chi connectivity index (χ4v) is 1.93. The van der Waals surface area contributed by atoms with Crippen molar-refractivity contribution in [2.24, 2.45) is 0 Å². The zero-order chi connectivity index (χ0) is 15.4. The average molecular weight is 293 g/mol. The van der Waals surface area contributed by atoms with Gasteiger partial charge in [0.15, 0.2) is 5.76 Å². The molecule has 0 unspecified atom stereocenters. The summed E-state index contributed by atoms with van der Waals surface area (Å²) in [4.78, 5) is 16.0. The van der Waals surface area contributed by atoms with E-state index in [4.69, 9.17) is 4.42 Å². The first-order chi connectivity index (χ1) is 10.7. The van der Waals surface area contributed by atoms with Crippen LogP contribution in [0.2, 0.25) is 0 Å². The van der Waals surface area contributed by atoms with E-state index in [1.165, 1.54) is 11.8 Å². The molecule has 0 radical (unpaired) electrons. The molecule has 3 aromatic rings. The Kier molecular flexibility index (Phi) is 3.87. The number of hydrogen-bond donors (Lipinski definition) is 2. The van der Waals surface area contributed by atoms with E-state index in [0.717, 1.165) is 11.4 Å². The van der Waals surface area contributed by atoms with Crippen molar-refractivity contribution in [3.05, 3.63) is 72.3 Å². The van der Waals surface area contributed by atoms with Crippen LogP contribution in [0, 0.1) is 6.92 Å². The van der Waals surface area contributed by atoms with Gasteiger partial charge in [-0.1, -0.05) is 17.7 Å². The summed E-state index contributed by atoms with van der Waals surface area (Å²) in [6.45, 7) is 2.04. The number of aryl methyl sites for hydroxylation is 1. The van der Waals surface area contributed by atoms with Gasteiger partial charge >= 0.3 is 0 Å². The maximum atomic E-state index is 11.8. The first-order valence-electron chi connectivity index (χ1n) is 6.85. The minimum absolute atomic E-state index is 0.253. The molecule has 0 aliphatic rings. The number of benzene rings is 1. The van der Waals surface area contributed by atoms with Crippen LogP contribution in [0.15, 0.2) is 65.4 Å². The summed E-state index contributed by atoms with van der Waals surface area (Å²) in [7, 11) is 0. The molecule has 2 N–H and O–H groups in total. The Morgan fingerprint density at radius 3 is 2.45 bits per heavy atom. The molecule has 0 bridgehead atoms. The maximum Gasteiger partial charge on any atom is 0.292 e. The van der Waals surface area contributed by atoms with Crippen LogP contribution in [0.1, 0.15) is 16.1 Å². The number of rotatable bonds is 4. The molecule has 0 spiro atoms. The number of amides is 1. The van der Waals surface area contributed by atoms with Crippen molar-refractivity contribution in [3.8, 4) is 0 Å². The van der Waals surface area contributed by atoms with Crippen LogP contribution in [0.25, 0.3) is 0 Å². The Morgan fingerprint density at radius 2 is 1.82 bits per heavy atom. The number of anilines is 3. The van der Waals surface area contributed by atoms with Crippen molar-refractivity contribution >= 4 is 23.1 Å². The van der Waals surface area contributed by atoms with Gasteiger partial charge in [0.2, 0.25) is 0 Å². The standard InChI is InChI=1S/C17H15N3O2/c1-12-4-6-13(7-5-12)19-14-8-9-16(18-11-14)20-17(21)15-3-2-10-22-15/h2-11,19H,1H3,(H,18,20,21). The van der Waals surface area contributed by atoms with Crippen LogP contribution < -0.4 is 10.6 Å². The summed E-state index contributed by atoms with van der Waals surface area (Å²) < 4.78 is 5.03. The molecule has 0 atom stereocenters. The third kappa shape index (κ3) is 3.32. The Morgan fingerprint density at radius 1 is 1.05 bits per heavy atom. The minimum atomic E-state index is -0.322. The summed E-state index contributed by atoms with van der Waals surface area (Å²) in [5, 5.41) is 5.92. The van der Waals surface area contributed by atoms with Gasteiger partial charge in [0.05, 0.1) is 18.1 Å². The molecule has 0 saturated carbocycles. The molecule has 110 valence electrons. The van der Waals surface area contributed by atoms with E-state index in [1.807, 2.05) is 37.3 Å². The van der Waals surface area contributed by atoms with E-state index in [0.29, 0.717) is 5.82 Å². The van der Waals surface area contributed by atoms with Gasteiger partial charge in [-0.15, -0.1) is 0 Å². The van der Waals surface area contributed by atoms with E-state index < -0.39 is 0 Å². The third-order valence-corrected chi connectivity index (χ3v) is 3.09. The van der Waals surface area contributed by atoms with Crippen LogP contribution in [0.5, 0.6) is 0 Å². The van der Waals surface area contributed by atoms with Crippen LogP contribution in [0.3, 0.4) is 0 Å². The van der Waals surface area contributed by atoms with Crippen molar-refractivity contribution in [2.75, 3.05) is 10.6 Å². The molecule has 0 aliphatic heterocycles. The van der Waals surface area contributed by atoms with E-state index in [-0.39, 0.29) is 11.7 Å². The van der Waals surface area contributed by atoms with Crippen molar-refractivity contribution < 1.29 is 9.21 Å². The second-order valence-electron chi connectivity index (χ2n) is 4.85. The molecule has 0 aliphatic carbocycles. The number of carbonyl (C=O) groups excluding carboxylic acids is 1. The van der Waals surface area contributed by atoms with Crippen molar-refractivity contribution in [3.63, 3.8) is 0 Å². The predicted molar refractivity (Wildman–Crippen MR) is 85.4 cm³/mol. The fourth-order valence-electron chi connectivity index (χ4n) is 1.93. The Hall–Kier alpha value is -3.08. The second-order valence-corrected chi connectivity index (χ2v) is 4.85. The molecular weight excluding hydrogens is 278 g/mol. The normalized spacial score (nSPS) is 10.2.